The van der Waals surface area contributed by atoms with Gasteiger partial charge in [-0.1, -0.05) is 13.8 Å². The molecule has 0 aromatic heterocycles. The zero-order valence-corrected chi connectivity index (χ0v) is 8.62. The molecule has 0 N–H and O–H groups in total. The molecule has 0 aliphatic carbocycles. The van der Waals surface area contributed by atoms with Gasteiger partial charge in [0.05, 0.1) is 6.07 Å². The normalized spacial score (nSPS) is 21.4. The summed E-state index contributed by atoms with van der Waals surface area (Å²) in [5.74, 6) is 1.46. The fraction of sp³-hybridized carbons (Fsp3) is 0.909. The Morgan fingerprint density at radius 3 is 2.46 bits per heavy atom. The number of hydrogen-bond donors (Lipinski definition) is 0. The molecule has 74 valence electrons. The topological polar surface area (TPSA) is 33.0 Å². The van der Waals surface area contributed by atoms with Crippen molar-refractivity contribution in [2.24, 2.45) is 17.8 Å². The van der Waals surface area contributed by atoms with E-state index in [1.54, 1.807) is 0 Å². The molecular formula is C11H19NO. The lowest BCUT2D eigenvalue weighted by atomic mass is 9.84. The van der Waals surface area contributed by atoms with Crippen molar-refractivity contribution >= 4 is 0 Å². The third-order valence-corrected chi connectivity index (χ3v) is 2.90. The van der Waals surface area contributed by atoms with Gasteiger partial charge in [0.2, 0.25) is 0 Å². The van der Waals surface area contributed by atoms with Crippen LogP contribution in [0, 0.1) is 29.1 Å². The van der Waals surface area contributed by atoms with Gasteiger partial charge in [-0.05, 0) is 31.1 Å². The molecule has 1 fully saturated rings. The summed E-state index contributed by atoms with van der Waals surface area (Å²) in [6.07, 6.45) is 3.35. The fourth-order valence-corrected chi connectivity index (χ4v) is 1.82. The maximum Gasteiger partial charge on any atom is 0.0658 e. The molecule has 1 aliphatic rings. The summed E-state index contributed by atoms with van der Waals surface area (Å²) in [6, 6.07) is 2.41. The quantitative estimate of drug-likeness (QED) is 0.670. The van der Waals surface area contributed by atoms with Gasteiger partial charge in [-0.25, -0.2) is 0 Å². The van der Waals surface area contributed by atoms with Crippen LogP contribution in [0.4, 0.5) is 0 Å². The standard InChI is InChI=1S/C11H19NO/c1-9(2)11(8-12)7-10-3-5-13-6-4-10/h9-11H,3-7H2,1-2H3. The summed E-state index contributed by atoms with van der Waals surface area (Å²) in [5, 5.41) is 8.95. The molecule has 0 radical (unpaired) electrons. The van der Waals surface area contributed by atoms with Crippen LogP contribution in [-0.4, -0.2) is 13.2 Å². The van der Waals surface area contributed by atoms with Crippen molar-refractivity contribution in [3.63, 3.8) is 0 Å². The van der Waals surface area contributed by atoms with Gasteiger partial charge in [-0.2, -0.15) is 5.26 Å². The molecule has 13 heavy (non-hydrogen) atoms. The van der Waals surface area contributed by atoms with Crippen LogP contribution in [0.1, 0.15) is 33.1 Å². The van der Waals surface area contributed by atoms with Crippen molar-refractivity contribution in [2.75, 3.05) is 13.2 Å². The van der Waals surface area contributed by atoms with E-state index in [9.17, 15) is 0 Å². The molecule has 1 aliphatic heterocycles. The Balaban J connectivity index is 2.32. The molecule has 0 amide bonds. The maximum atomic E-state index is 8.95. The average molecular weight is 181 g/mol. The van der Waals surface area contributed by atoms with E-state index in [-0.39, 0.29) is 5.92 Å². The molecule has 1 heterocycles. The summed E-state index contributed by atoms with van der Waals surface area (Å²) in [5.41, 5.74) is 0. The summed E-state index contributed by atoms with van der Waals surface area (Å²) in [7, 11) is 0. The van der Waals surface area contributed by atoms with E-state index in [0.29, 0.717) is 5.92 Å². The SMILES string of the molecule is CC(C)C(C#N)CC1CCOCC1. The Morgan fingerprint density at radius 1 is 1.38 bits per heavy atom. The molecule has 1 unspecified atom stereocenters. The lowest BCUT2D eigenvalue weighted by Crippen LogP contribution is -2.20. The van der Waals surface area contributed by atoms with Gasteiger partial charge in [0.25, 0.3) is 0 Å². The summed E-state index contributed by atoms with van der Waals surface area (Å²) in [4.78, 5) is 0. The molecule has 0 aromatic carbocycles. The second-order valence-corrected chi connectivity index (χ2v) is 4.27. The Morgan fingerprint density at radius 2 is 2.00 bits per heavy atom. The first kappa shape index (κ1) is 10.5. The largest absolute Gasteiger partial charge is 0.381 e. The second-order valence-electron chi connectivity index (χ2n) is 4.27. The van der Waals surface area contributed by atoms with Crippen LogP contribution in [0.5, 0.6) is 0 Å². The van der Waals surface area contributed by atoms with Crippen LogP contribution in [0.25, 0.3) is 0 Å². The molecule has 0 aromatic rings. The lowest BCUT2D eigenvalue weighted by Gasteiger charge is -2.25. The number of nitriles is 1. The highest BCUT2D eigenvalue weighted by atomic mass is 16.5. The molecule has 0 saturated carbocycles. The van der Waals surface area contributed by atoms with Gasteiger partial charge in [0.1, 0.15) is 0 Å². The zero-order chi connectivity index (χ0) is 9.68. The third-order valence-electron chi connectivity index (χ3n) is 2.90. The van der Waals surface area contributed by atoms with E-state index in [1.807, 2.05) is 0 Å². The van der Waals surface area contributed by atoms with E-state index in [0.717, 1.165) is 38.4 Å². The Labute approximate surface area is 80.9 Å². The molecule has 2 heteroatoms. The van der Waals surface area contributed by atoms with Gasteiger partial charge >= 0.3 is 0 Å². The van der Waals surface area contributed by atoms with E-state index in [2.05, 4.69) is 19.9 Å². The van der Waals surface area contributed by atoms with Crippen LogP contribution >= 0.6 is 0 Å². The van der Waals surface area contributed by atoms with Crippen LogP contribution in [0.2, 0.25) is 0 Å². The van der Waals surface area contributed by atoms with Crippen LogP contribution in [0.3, 0.4) is 0 Å². The number of ether oxygens (including phenoxy) is 1. The van der Waals surface area contributed by atoms with Crippen LogP contribution in [-0.2, 0) is 4.74 Å². The van der Waals surface area contributed by atoms with Gasteiger partial charge in [0.15, 0.2) is 0 Å². The lowest BCUT2D eigenvalue weighted by molar-refractivity contribution is 0.0589. The zero-order valence-electron chi connectivity index (χ0n) is 8.62. The summed E-state index contributed by atoms with van der Waals surface area (Å²) in [6.45, 7) is 6.04. The number of nitrogens with zero attached hydrogens (tertiary/aromatic N) is 1. The minimum atomic E-state index is 0.239. The highest BCUT2D eigenvalue weighted by Crippen LogP contribution is 2.26. The van der Waals surface area contributed by atoms with E-state index in [4.69, 9.17) is 10.00 Å². The highest BCUT2D eigenvalue weighted by Gasteiger charge is 2.20. The molecule has 2 nitrogen and oxygen atoms in total. The molecular weight excluding hydrogens is 162 g/mol. The van der Waals surface area contributed by atoms with Gasteiger partial charge in [-0.3, -0.25) is 0 Å². The molecule has 1 atom stereocenters. The Kier molecular flexibility index (Phi) is 4.24. The predicted octanol–water partition coefficient (Wildman–Crippen LogP) is 2.60. The second kappa shape index (κ2) is 5.24. The van der Waals surface area contributed by atoms with E-state index in [1.165, 1.54) is 0 Å². The summed E-state index contributed by atoms with van der Waals surface area (Å²) >= 11 is 0. The molecule has 0 bridgehead atoms. The minimum Gasteiger partial charge on any atom is -0.381 e. The van der Waals surface area contributed by atoms with Gasteiger partial charge < -0.3 is 4.74 Å². The number of rotatable bonds is 3. The fourth-order valence-electron chi connectivity index (χ4n) is 1.82. The van der Waals surface area contributed by atoms with E-state index >= 15 is 0 Å². The molecule has 1 rings (SSSR count). The van der Waals surface area contributed by atoms with Crippen molar-refractivity contribution < 1.29 is 4.74 Å². The first-order valence-corrected chi connectivity index (χ1v) is 5.21. The predicted molar refractivity (Wildman–Crippen MR) is 52.1 cm³/mol. The molecule has 1 saturated heterocycles. The van der Waals surface area contributed by atoms with Crippen molar-refractivity contribution in [1.29, 1.82) is 5.26 Å². The first-order valence-electron chi connectivity index (χ1n) is 5.21. The highest BCUT2D eigenvalue weighted by molar-refractivity contribution is 4.87. The van der Waals surface area contributed by atoms with Crippen molar-refractivity contribution in [3.05, 3.63) is 0 Å². The van der Waals surface area contributed by atoms with Crippen LogP contribution in [0.15, 0.2) is 0 Å². The van der Waals surface area contributed by atoms with Crippen molar-refractivity contribution in [1.82, 2.24) is 0 Å². The Hall–Kier alpha value is -0.550. The minimum absolute atomic E-state index is 0.239. The van der Waals surface area contributed by atoms with Gasteiger partial charge in [0, 0.05) is 19.1 Å². The summed E-state index contributed by atoms with van der Waals surface area (Å²) < 4.78 is 5.29. The van der Waals surface area contributed by atoms with E-state index < -0.39 is 0 Å². The van der Waals surface area contributed by atoms with Crippen molar-refractivity contribution in [3.8, 4) is 6.07 Å². The molecule has 0 spiro atoms. The number of hydrogen-bond acceptors (Lipinski definition) is 2. The smallest absolute Gasteiger partial charge is 0.0658 e. The Bertz CT molecular complexity index is 177. The first-order chi connectivity index (χ1) is 6.24. The monoisotopic (exact) mass is 181 g/mol. The maximum absolute atomic E-state index is 8.95. The van der Waals surface area contributed by atoms with Crippen LogP contribution < -0.4 is 0 Å². The van der Waals surface area contributed by atoms with Gasteiger partial charge in [-0.15, -0.1) is 0 Å². The van der Waals surface area contributed by atoms with Crippen molar-refractivity contribution in [2.45, 2.75) is 33.1 Å². The third kappa shape index (κ3) is 3.36. The average Bonchev–Trinajstić information content (AvgIpc) is 2.15.